The lowest BCUT2D eigenvalue weighted by atomic mass is 10.2. The zero-order valence-corrected chi connectivity index (χ0v) is 11.9. The molecule has 4 nitrogen and oxygen atoms in total. The van der Waals surface area contributed by atoms with Crippen LogP contribution in [-0.2, 0) is 6.42 Å². The van der Waals surface area contributed by atoms with Crippen LogP contribution in [0.25, 0.3) is 0 Å². The SMILES string of the molecule is CCc1cc(C(=O)O)cc(Oc2ccc(C)cc2Cl)n1. The first kappa shape index (κ1) is 14.3. The fourth-order valence-electron chi connectivity index (χ4n) is 1.72. The normalized spacial score (nSPS) is 10.3. The molecule has 1 aromatic carbocycles. The number of ether oxygens (including phenoxy) is 1. The number of halogens is 1. The van der Waals surface area contributed by atoms with Gasteiger partial charge in [0, 0.05) is 11.8 Å². The van der Waals surface area contributed by atoms with Gasteiger partial charge in [0.25, 0.3) is 0 Å². The summed E-state index contributed by atoms with van der Waals surface area (Å²) in [4.78, 5) is 15.3. The molecule has 2 rings (SSSR count). The van der Waals surface area contributed by atoms with Gasteiger partial charge in [-0.3, -0.25) is 0 Å². The van der Waals surface area contributed by atoms with Gasteiger partial charge >= 0.3 is 5.97 Å². The minimum Gasteiger partial charge on any atom is -0.478 e. The first-order chi connectivity index (χ1) is 9.49. The Hall–Kier alpha value is -2.07. The zero-order valence-electron chi connectivity index (χ0n) is 11.2. The summed E-state index contributed by atoms with van der Waals surface area (Å²) in [5.41, 5.74) is 1.82. The van der Waals surface area contributed by atoms with E-state index in [1.54, 1.807) is 12.1 Å². The summed E-state index contributed by atoms with van der Waals surface area (Å²) in [6, 6.07) is 8.30. The fourth-order valence-corrected chi connectivity index (χ4v) is 1.99. The number of pyridine rings is 1. The third kappa shape index (κ3) is 3.27. The van der Waals surface area contributed by atoms with Gasteiger partial charge in [-0.2, -0.15) is 0 Å². The van der Waals surface area contributed by atoms with Gasteiger partial charge in [-0.05, 0) is 37.1 Å². The quantitative estimate of drug-likeness (QED) is 0.921. The van der Waals surface area contributed by atoms with Gasteiger partial charge in [0.15, 0.2) is 0 Å². The minimum absolute atomic E-state index is 0.148. The monoisotopic (exact) mass is 291 g/mol. The van der Waals surface area contributed by atoms with Gasteiger partial charge in [0.05, 0.1) is 10.6 Å². The van der Waals surface area contributed by atoms with Crippen LogP contribution in [0.2, 0.25) is 5.02 Å². The van der Waals surface area contributed by atoms with Crippen LogP contribution < -0.4 is 4.74 Å². The highest BCUT2D eigenvalue weighted by atomic mass is 35.5. The van der Waals surface area contributed by atoms with E-state index in [9.17, 15) is 4.79 Å². The van der Waals surface area contributed by atoms with Crippen molar-refractivity contribution in [2.24, 2.45) is 0 Å². The first-order valence-corrected chi connectivity index (χ1v) is 6.55. The Morgan fingerprint density at radius 2 is 2.10 bits per heavy atom. The number of nitrogens with zero attached hydrogens (tertiary/aromatic N) is 1. The third-order valence-electron chi connectivity index (χ3n) is 2.77. The number of aromatic nitrogens is 1. The molecule has 0 aliphatic carbocycles. The van der Waals surface area contributed by atoms with Crippen molar-refractivity contribution in [2.45, 2.75) is 20.3 Å². The molecule has 1 aromatic heterocycles. The van der Waals surface area contributed by atoms with Crippen molar-refractivity contribution >= 4 is 17.6 Å². The molecule has 20 heavy (non-hydrogen) atoms. The molecule has 0 saturated carbocycles. The van der Waals surface area contributed by atoms with E-state index >= 15 is 0 Å². The van der Waals surface area contributed by atoms with Gasteiger partial charge in [-0.1, -0.05) is 24.6 Å². The summed E-state index contributed by atoms with van der Waals surface area (Å²) in [5, 5.41) is 9.54. The molecule has 0 unspecified atom stereocenters. The predicted octanol–water partition coefficient (Wildman–Crippen LogP) is 4.10. The molecule has 2 aromatic rings. The average Bonchev–Trinajstić information content (AvgIpc) is 2.41. The first-order valence-electron chi connectivity index (χ1n) is 6.18. The van der Waals surface area contributed by atoms with E-state index in [-0.39, 0.29) is 11.4 Å². The van der Waals surface area contributed by atoms with Crippen LogP contribution in [-0.4, -0.2) is 16.1 Å². The van der Waals surface area contributed by atoms with Crippen molar-refractivity contribution in [3.05, 3.63) is 52.2 Å². The Morgan fingerprint density at radius 3 is 2.70 bits per heavy atom. The molecular formula is C15H14ClNO3. The van der Waals surface area contributed by atoms with E-state index in [1.165, 1.54) is 12.1 Å². The van der Waals surface area contributed by atoms with E-state index in [2.05, 4.69) is 4.98 Å². The Labute approximate surface area is 122 Å². The van der Waals surface area contributed by atoms with Crippen LogP contribution in [0.1, 0.15) is 28.5 Å². The van der Waals surface area contributed by atoms with Crippen LogP contribution in [0.3, 0.4) is 0 Å². The second kappa shape index (κ2) is 5.92. The topological polar surface area (TPSA) is 59.4 Å². The highest BCUT2D eigenvalue weighted by Gasteiger charge is 2.10. The van der Waals surface area contributed by atoms with Crippen molar-refractivity contribution < 1.29 is 14.6 Å². The van der Waals surface area contributed by atoms with Crippen LogP contribution >= 0.6 is 11.6 Å². The fraction of sp³-hybridized carbons (Fsp3) is 0.200. The predicted molar refractivity (Wildman–Crippen MR) is 76.8 cm³/mol. The number of carboxylic acids is 1. The molecule has 5 heteroatoms. The van der Waals surface area contributed by atoms with Gasteiger partial charge in [-0.15, -0.1) is 0 Å². The lowest BCUT2D eigenvalue weighted by molar-refractivity contribution is 0.0696. The van der Waals surface area contributed by atoms with Gasteiger partial charge < -0.3 is 9.84 Å². The lowest BCUT2D eigenvalue weighted by Gasteiger charge is -2.09. The number of aryl methyl sites for hydroxylation is 2. The maximum atomic E-state index is 11.1. The number of benzene rings is 1. The van der Waals surface area contributed by atoms with Crippen LogP contribution in [0.15, 0.2) is 30.3 Å². The molecular weight excluding hydrogens is 278 g/mol. The molecule has 0 bridgehead atoms. The molecule has 1 N–H and O–H groups in total. The molecule has 0 spiro atoms. The largest absolute Gasteiger partial charge is 0.478 e. The number of carbonyl (C=O) groups is 1. The van der Waals surface area contributed by atoms with E-state index in [4.69, 9.17) is 21.4 Å². The third-order valence-corrected chi connectivity index (χ3v) is 3.06. The number of hydrogen-bond donors (Lipinski definition) is 1. The van der Waals surface area contributed by atoms with Crippen LogP contribution in [0.4, 0.5) is 0 Å². The second-order valence-electron chi connectivity index (χ2n) is 4.38. The van der Waals surface area contributed by atoms with Crippen LogP contribution in [0, 0.1) is 6.92 Å². The smallest absolute Gasteiger partial charge is 0.335 e. The molecule has 0 amide bonds. The van der Waals surface area contributed by atoms with Crippen molar-refractivity contribution in [2.75, 3.05) is 0 Å². The molecule has 0 atom stereocenters. The second-order valence-corrected chi connectivity index (χ2v) is 4.79. The summed E-state index contributed by atoms with van der Waals surface area (Å²) in [6.45, 7) is 3.82. The highest BCUT2D eigenvalue weighted by molar-refractivity contribution is 6.32. The minimum atomic E-state index is -1.01. The van der Waals surface area contributed by atoms with E-state index < -0.39 is 5.97 Å². The molecule has 0 aliphatic heterocycles. The van der Waals surface area contributed by atoms with Crippen molar-refractivity contribution in [3.63, 3.8) is 0 Å². The van der Waals surface area contributed by atoms with Gasteiger partial charge in [-0.25, -0.2) is 9.78 Å². The van der Waals surface area contributed by atoms with E-state index in [0.717, 1.165) is 5.56 Å². The standard InChI is InChI=1S/C15H14ClNO3/c1-3-11-7-10(15(18)19)8-14(17-11)20-13-5-4-9(2)6-12(13)16/h4-8H,3H2,1-2H3,(H,18,19). The summed E-state index contributed by atoms with van der Waals surface area (Å²) >= 11 is 6.09. The van der Waals surface area contributed by atoms with Gasteiger partial charge in [0.1, 0.15) is 5.75 Å². The molecule has 104 valence electrons. The van der Waals surface area contributed by atoms with Crippen molar-refractivity contribution in [1.82, 2.24) is 4.98 Å². The van der Waals surface area contributed by atoms with E-state index in [1.807, 2.05) is 19.9 Å². The summed E-state index contributed by atoms with van der Waals surface area (Å²) < 4.78 is 5.59. The van der Waals surface area contributed by atoms with Crippen LogP contribution in [0.5, 0.6) is 11.6 Å². The Kier molecular flexibility index (Phi) is 4.25. The number of hydrogen-bond acceptors (Lipinski definition) is 3. The Balaban J connectivity index is 2.37. The van der Waals surface area contributed by atoms with Gasteiger partial charge in [0.2, 0.25) is 5.88 Å². The summed E-state index contributed by atoms with van der Waals surface area (Å²) in [6.07, 6.45) is 0.624. The number of rotatable bonds is 4. The Morgan fingerprint density at radius 1 is 1.35 bits per heavy atom. The average molecular weight is 292 g/mol. The number of aromatic carboxylic acids is 1. The maximum absolute atomic E-state index is 11.1. The molecule has 1 heterocycles. The van der Waals surface area contributed by atoms with Crippen molar-refractivity contribution in [3.8, 4) is 11.6 Å². The molecule has 0 aliphatic rings. The molecule has 0 saturated heterocycles. The maximum Gasteiger partial charge on any atom is 0.335 e. The summed E-state index contributed by atoms with van der Waals surface area (Å²) in [5.74, 6) is -0.330. The Bertz CT molecular complexity index is 656. The van der Waals surface area contributed by atoms with Crippen molar-refractivity contribution in [1.29, 1.82) is 0 Å². The zero-order chi connectivity index (χ0) is 14.7. The molecule has 0 fully saturated rings. The highest BCUT2D eigenvalue weighted by Crippen LogP contribution is 2.29. The van der Waals surface area contributed by atoms with E-state index in [0.29, 0.717) is 22.9 Å². The number of carboxylic acid groups (broad SMARTS) is 1. The molecule has 0 radical (unpaired) electrons. The lowest BCUT2D eigenvalue weighted by Crippen LogP contribution is -2.01. The summed E-state index contributed by atoms with van der Waals surface area (Å²) in [7, 11) is 0.